The van der Waals surface area contributed by atoms with Crippen LogP contribution in [-0.4, -0.2) is 32.4 Å². The fourth-order valence-corrected chi connectivity index (χ4v) is 3.98. The monoisotopic (exact) mass is 334 g/mol. The molecule has 1 aromatic rings. The maximum Gasteiger partial charge on any atom is 0.246 e. The molecule has 0 amide bonds. The second-order valence-electron chi connectivity index (χ2n) is 5.31. The summed E-state index contributed by atoms with van der Waals surface area (Å²) in [6.45, 7) is 2.99. The van der Waals surface area contributed by atoms with Gasteiger partial charge in [-0.25, -0.2) is 12.8 Å². The van der Waals surface area contributed by atoms with Crippen LogP contribution in [0.1, 0.15) is 31.7 Å². The molecule has 1 aromatic carbocycles. The van der Waals surface area contributed by atoms with Crippen LogP contribution >= 0.6 is 11.6 Å². The zero-order valence-electron chi connectivity index (χ0n) is 12.2. The molecule has 4 nitrogen and oxygen atoms in total. The molecule has 0 unspecified atom stereocenters. The third-order valence-electron chi connectivity index (χ3n) is 3.54. The molecular weight excluding hydrogens is 315 g/mol. The first-order chi connectivity index (χ1) is 9.87. The van der Waals surface area contributed by atoms with Crippen LogP contribution in [-0.2, 0) is 16.6 Å². The Labute approximate surface area is 130 Å². The summed E-state index contributed by atoms with van der Waals surface area (Å²) in [5, 5.41) is 3.28. The molecule has 0 aromatic heterocycles. The quantitative estimate of drug-likeness (QED) is 0.780. The summed E-state index contributed by atoms with van der Waals surface area (Å²) in [6, 6.07) is 2.64. The number of halogens is 2. The standard InChI is InChI=1S/C14H20ClFN2O2S/c1-3-6-17-9-10-7-11(15)8-13(14(10)16)21(19,20)18(2)12-4-5-12/h7-8,12,17H,3-6,9H2,1-2H3. The van der Waals surface area contributed by atoms with E-state index in [1.165, 1.54) is 23.5 Å². The van der Waals surface area contributed by atoms with Crippen LogP contribution in [0.3, 0.4) is 0 Å². The summed E-state index contributed by atoms with van der Waals surface area (Å²) in [7, 11) is -2.35. The van der Waals surface area contributed by atoms with Gasteiger partial charge in [-0.3, -0.25) is 0 Å². The van der Waals surface area contributed by atoms with Gasteiger partial charge in [-0.2, -0.15) is 4.31 Å². The van der Waals surface area contributed by atoms with E-state index in [1.54, 1.807) is 0 Å². The second-order valence-corrected chi connectivity index (χ2v) is 7.71. The molecule has 0 atom stereocenters. The van der Waals surface area contributed by atoms with E-state index in [9.17, 15) is 12.8 Å². The van der Waals surface area contributed by atoms with Crippen molar-refractivity contribution in [2.45, 2.75) is 43.7 Å². The van der Waals surface area contributed by atoms with Crippen LogP contribution in [0.5, 0.6) is 0 Å². The van der Waals surface area contributed by atoms with E-state index in [4.69, 9.17) is 11.6 Å². The maximum atomic E-state index is 14.5. The largest absolute Gasteiger partial charge is 0.313 e. The minimum absolute atomic E-state index is 0.0185. The lowest BCUT2D eigenvalue weighted by atomic mass is 10.2. The number of sulfonamides is 1. The molecule has 0 spiro atoms. The first kappa shape index (κ1) is 16.7. The number of rotatable bonds is 7. The Bertz CT molecular complexity index is 618. The van der Waals surface area contributed by atoms with Gasteiger partial charge >= 0.3 is 0 Å². The highest BCUT2D eigenvalue weighted by Gasteiger charge is 2.36. The summed E-state index contributed by atoms with van der Waals surface area (Å²) >= 11 is 5.96. The molecule has 1 fully saturated rings. The van der Waals surface area contributed by atoms with Gasteiger partial charge in [0.15, 0.2) is 0 Å². The molecular formula is C14H20ClFN2O2S. The Morgan fingerprint density at radius 2 is 2.10 bits per heavy atom. The molecule has 21 heavy (non-hydrogen) atoms. The average molecular weight is 335 g/mol. The van der Waals surface area contributed by atoms with Gasteiger partial charge in [0.1, 0.15) is 10.7 Å². The molecule has 1 saturated carbocycles. The van der Waals surface area contributed by atoms with Gasteiger partial charge in [-0.05, 0) is 37.9 Å². The predicted molar refractivity (Wildman–Crippen MR) is 81.4 cm³/mol. The highest BCUT2D eigenvalue weighted by molar-refractivity contribution is 7.89. The lowest BCUT2D eigenvalue weighted by molar-refractivity contribution is 0.456. The molecule has 0 aliphatic heterocycles. The lowest BCUT2D eigenvalue weighted by Crippen LogP contribution is -2.30. The smallest absolute Gasteiger partial charge is 0.246 e. The van der Waals surface area contributed by atoms with Crippen LogP contribution in [0, 0.1) is 5.82 Å². The second kappa shape index (κ2) is 6.60. The van der Waals surface area contributed by atoms with Gasteiger partial charge < -0.3 is 5.32 Å². The van der Waals surface area contributed by atoms with Crippen molar-refractivity contribution in [3.63, 3.8) is 0 Å². The fraction of sp³-hybridized carbons (Fsp3) is 0.571. The highest BCUT2D eigenvalue weighted by Crippen LogP contribution is 2.33. The van der Waals surface area contributed by atoms with Crippen molar-refractivity contribution in [2.24, 2.45) is 0 Å². The third kappa shape index (κ3) is 3.74. The SMILES string of the molecule is CCCNCc1cc(Cl)cc(S(=O)(=O)N(C)C2CC2)c1F. The van der Waals surface area contributed by atoms with Gasteiger partial charge in [-0.15, -0.1) is 0 Å². The van der Waals surface area contributed by atoms with Crippen LogP contribution in [0.4, 0.5) is 4.39 Å². The third-order valence-corrected chi connectivity index (χ3v) is 5.67. The van der Waals surface area contributed by atoms with Crippen molar-refractivity contribution in [2.75, 3.05) is 13.6 Å². The minimum atomic E-state index is -3.84. The number of benzene rings is 1. The lowest BCUT2D eigenvalue weighted by Gasteiger charge is -2.18. The molecule has 0 bridgehead atoms. The van der Waals surface area contributed by atoms with E-state index in [-0.39, 0.29) is 28.1 Å². The molecule has 0 radical (unpaired) electrons. The first-order valence-electron chi connectivity index (χ1n) is 7.04. The first-order valence-corrected chi connectivity index (χ1v) is 8.86. The topological polar surface area (TPSA) is 49.4 Å². The summed E-state index contributed by atoms with van der Waals surface area (Å²) in [4.78, 5) is -0.335. The Balaban J connectivity index is 2.34. The Kier molecular flexibility index (Phi) is 5.24. The van der Waals surface area contributed by atoms with Gasteiger partial charge in [-0.1, -0.05) is 18.5 Å². The summed E-state index contributed by atoms with van der Waals surface area (Å²) in [5.74, 6) is -0.712. The van der Waals surface area contributed by atoms with Crippen molar-refractivity contribution >= 4 is 21.6 Å². The number of hydrogen-bond acceptors (Lipinski definition) is 3. The number of nitrogens with one attached hydrogen (secondary N) is 1. The normalized spacial score (nSPS) is 15.7. The van der Waals surface area contributed by atoms with Crippen LogP contribution < -0.4 is 5.32 Å². The molecule has 1 aliphatic carbocycles. The maximum absolute atomic E-state index is 14.5. The zero-order chi connectivity index (χ0) is 15.6. The Morgan fingerprint density at radius 3 is 2.67 bits per heavy atom. The molecule has 118 valence electrons. The minimum Gasteiger partial charge on any atom is -0.313 e. The zero-order valence-corrected chi connectivity index (χ0v) is 13.8. The van der Waals surface area contributed by atoms with Gasteiger partial charge in [0.25, 0.3) is 0 Å². The molecule has 1 N–H and O–H groups in total. The van der Waals surface area contributed by atoms with Crippen molar-refractivity contribution in [3.8, 4) is 0 Å². The van der Waals surface area contributed by atoms with Gasteiger partial charge in [0.05, 0.1) is 0 Å². The van der Waals surface area contributed by atoms with Crippen molar-refractivity contribution in [1.82, 2.24) is 9.62 Å². The van der Waals surface area contributed by atoms with Crippen LogP contribution in [0.25, 0.3) is 0 Å². The summed E-state index contributed by atoms with van der Waals surface area (Å²) in [6.07, 6.45) is 2.56. The van der Waals surface area contributed by atoms with Crippen LogP contribution in [0.2, 0.25) is 5.02 Å². The summed E-state index contributed by atoms with van der Waals surface area (Å²) in [5.41, 5.74) is 0.277. The molecule has 1 aliphatic rings. The van der Waals surface area contributed by atoms with Crippen molar-refractivity contribution in [1.29, 1.82) is 0 Å². The molecule has 7 heteroatoms. The van der Waals surface area contributed by atoms with E-state index in [1.807, 2.05) is 6.92 Å². The molecule has 0 heterocycles. The van der Waals surface area contributed by atoms with E-state index in [0.29, 0.717) is 0 Å². The average Bonchev–Trinajstić information content (AvgIpc) is 3.25. The number of hydrogen-bond donors (Lipinski definition) is 1. The highest BCUT2D eigenvalue weighted by atomic mass is 35.5. The Hall–Kier alpha value is -0.690. The molecule has 0 saturated heterocycles. The van der Waals surface area contributed by atoms with Gasteiger partial charge in [0.2, 0.25) is 10.0 Å². The van der Waals surface area contributed by atoms with E-state index in [2.05, 4.69) is 5.32 Å². The van der Waals surface area contributed by atoms with Gasteiger partial charge in [0, 0.05) is 30.2 Å². The van der Waals surface area contributed by atoms with Crippen LogP contribution in [0.15, 0.2) is 17.0 Å². The molecule has 2 rings (SSSR count). The van der Waals surface area contributed by atoms with Crippen molar-refractivity contribution < 1.29 is 12.8 Å². The predicted octanol–water partition coefficient (Wildman–Crippen LogP) is 2.76. The Morgan fingerprint density at radius 1 is 1.43 bits per heavy atom. The number of nitrogens with zero attached hydrogens (tertiary/aromatic N) is 1. The van der Waals surface area contributed by atoms with E-state index >= 15 is 0 Å². The van der Waals surface area contributed by atoms with E-state index in [0.717, 1.165) is 25.8 Å². The summed E-state index contributed by atoms with van der Waals surface area (Å²) < 4.78 is 40.7. The van der Waals surface area contributed by atoms with E-state index < -0.39 is 15.8 Å². The van der Waals surface area contributed by atoms with Crippen molar-refractivity contribution in [3.05, 3.63) is 28.5 Å². The fourth-order valence-electron chi connectivity index (χ4n) is 2.12.